The van der Waals surface area contributed by atoms with Gasteiger partial charge in [-0.05, 0) is 59.0 Å². The monoisotopic (exact) mass is 489 g/mol. The van der Waals surface area contributed by atoms with E-state index in [0.29, 0.717) is 0 Å². The third kappa shape index (κ3) is 8.53. The van der Waals surface area contributed by atoms with Crippen molar-refractivity contribution in [2.45, 2.75) is 26.7 Å². The zero-order valence-corrected chi connectivity index (χ0v) is 18.1. The van der Waals surface area contributed by atoms with Crippen LogP contribution in [0.5, 0.6) is 0 Å². The maximum absolute atomic E-state index is 4.67. The average molecular weight is 491 g/mol. The summed E-state index contributed by atoms with van der Waals surface area (Å²) in [5.74, 6) is 0. The molecule has 0 spiro atoms. The van der Waals surface area contributed by atoms with Crippen LogP contribution in [0.4, 0.5) is 0 Å². The maximum atomic E-state index is 4.67. The summed E-state index contributed by atoms with van der Waals surface area (Å²) >= 11 is 0. The van der Waals surface area contributed by atoms with Gasteiger partial charge in [0, 0.05) is 13.1 Å². The smallest absolute Gasteiger partial charge is 1.00 e. The van der Waals surface area contributed by atoms with E-state index in [1.54, 1.807) is 0 Å². The molecule has 0 saturated carbocycles. The van der Waals surface area contributed by atoms with Crippen molar-refractivity contribution < 1.29 is 50.7 Å². The Kier molecular flexibility index (Phi) is 14.5. The molecule has 0 amide bonds. The molecule has 23 heavy (non-hydrogen) atoms. The number of nitrogens with zero attached hydrogens (tertiary/aromatic N) is 4. The molecule has 0 fully saturated rings. The minimum absolute atomic E-state index is 0. The summed E-state index contributed by atoms with van der Waals surface area (Å²) in [5, 5.41) is 0. The van der Waals surface area contributed by atoms with E-state index in [-0.39, 0.29) is 50.7 Å². The molecule has 1 aromatic rings. The van der Waals surface area contributed by atoms with Gasteiger partial charge in [-0.3, -0.25) is 9.98 Å². The van der Waals surface area contributed by atoms with E-state index in [0.717, 1.165) is 61.8 Å². The number of fused-ring (bicyclic) bond motifs is 2. The van der Waals surface area contributed by atoms with Crippen LogP contribution in [0, 0.1) is 0 Å². The van der Waals surface area contributed by atoms with Crippen LogP contribution in [-0.4, -0.2) is 54.5 Å². The van der Waals surface area contributed by atoms with E-state index in [4.69, 9.17) is 0 Å². The second-order valence-electron chi connectivity index (χ2n) is 5.35. The molecule has 1 radical (unpaired) electrons. The SMILES string of the molecule is C/C1=N/CCCN(C)CCC/N=C(\C)c2cccc1n2.[Br-].[Br-].[Co+2]. The van der Waals surface area contributed by atoms with Crippen molar-refractivity contribution in [2.75, 3.05) is 33.2 Å². The largest absolute Gasteiger partial charge is 2.00 e. The van der Waals surface area contributed by atoms with E-state index in [9.17, 15) is 0 Å². The fourth-order valence-corrected chi connectivity index (χ4v) is 2.29. The molecular weight excluding hydrogens is 467 g/mol. The number of hydrogen-bond acceptors (Lipinski definition) is 4. The van der Waals surface area contributed by atoms with Gasteiger partial charge in [0.2, 0.25) is 0 Å². The van der Waals surface area contributed by atoms with E-state index < -0.39 is 0 Å². The first kappa shape index (κ1) is 25.2. The molecule has 0 saturated heterocycles. The first-order valence-corrected chi connectivity index (χ1v) is 7.35. The van der Waals surface area contributed by atoms with Crippen molar-refractivity contribution in [3.05, 3.63) is 29.6 Å². The van der Waals surface area contributed by atoms with Gasteiger partial charge in [-0.15, -0.1) is 0 Å². The summed E-state index contributed by atoms with van der Waals surface area (Å²) in [7, 11) is 2.17. The number of pyridine rings is 1. The fourth-order valence-electron chi connectivity index (χ4n) is 2.29. The van der Waals surface area contributed by atoms with Gasteiger partial charge in [-0.1, -0.05) is 6.07 Å². The molecule has 0 atom stereocenters. The molecule has 2 bridgehead atoms. The summed E-state index contributed by atoms with van der Waals surface area (Å²) < 4.78 is 0. The number of aromatic nitrogens is 1. The molecule has 2 rings (SSSR count). The first-order chi connectivity index (χ1) is 9.66. The molecule has 1 aliphatic heterocycles. The van der Waals surface area contributed by atoms with Crippen molar-refractivity contribution >= 4 is 11.4 Å². The van der Waals surface area contributed by atoms with Gasteiger partial charge < -0.3 is 38.9 Å². The molecule has 0 aromatic carbocycles. The second kappa shape index (κ2) is 13.2. The van der Waals surface area contributed by atoms with E-state index >= 15 is 0 Å². The number of hydrogen-bond donors (Lipinski definition) is 0. The number of aliphatic imine (C=N–C) groups is 2. The van der Waals surface area contributed by atoms with Crippen LogP contribution in [0.2, 0.25) is 0 Å². The zero-order chi connectivity index (χ0) is 14.4. The zero-order valence-electron chi connectivity index (χ0n) is 13.9. The molecule has 0 unspecified atom stereocenters. The van der Waals surface area contributed by atoms with E-state index in [2.05, 4.69) is 26.9 Å². The Hall–Kier alpha value is -0.0835. The molecule has 0 aliphatic carbocycles. The van der Waals surface area contributed by atoms with Crippen LogP contribution in [0.1, 0.15) is 38.1 Å². The second-order valence-corrected chi connectivity index (χ2v) is 5.35. The molecular formula is C16H24Br2CoN4. The van der Waals surface area contributed by atoms with Crippen LogP contribution in [-0.2, 0) is 16.8 Å². The Morgan fingerprint density at radius 1 is 0.870 bits per heavy atom. The Morgan fingerprint density at radius 2 is 1.30 bits per heavy atom. The number of rotatable bonds is 0. The van der Waals surface area contributed by atoms with Crippen molar-refractivity contribution in [1.82, 2.24) is 9.88 Å². The summed E-state index contributed by atoms with van der Waals surface area (Å²) in [6, 6.07) is 6.08. The van der Waals surface area contributed by atoms with Gasteiger partial charge in [0.1, 0.15) is 0 Å². The van der Waals surface area contributed by atoms with Gasteiger partial charge in [-0.2, -0.15) is 0 Å². The van der Waals surface area contributed by atoms with E-state index in [1.165, 1.54) is 0 Å². The summed E-state index contributed by atoms with van der Waals surface area (Å²) in [6.45, 7) is 7.99. The Labute approximate surface area is 171 Å². The van der Waals surface area contributed by atoms with Crippen LogP contribution >= 0.6 is 0 Å². The van der Waals surface area contributed by atoms with Gasteiger partial charge >= 0.3 is 16.8 Å². The van der Waals surface area contributed by atoms with Crippen molar-refractivity contribution in [3.63, 3.8) is 0 Å². The predicted molar refractivity (Wildman–Crippen MR) is 85.1 cm³/mol. The molecule has 4 nitrogen and oxygen atoms in total. The third-order valence-electron chi connectivity index (χ3n) is 3.58. The minimum Gasteiger partial charge on any atom is -1.00 e. The summed E-state index contributed by atoms with van der Waals surface area (Å²) in [4.78, 5) is 16.3. The van der Waals surface area contributed by atoms with Gasteiger partial charge in [-0.25, -0.2) is 4.98 Å². The topological polar surface area (TPSA) is 40.9 Å². The fraction of sp³-hybridized carbons (Fsp3) is 0.562. The molecule has 0 N–H and O–H groups in total. The average Bonchev–Trinajstić information content (AvgIpc) is 2.47. The van der Waals surface area contributed by atoms with Crippen LogP contribution < -0.4 is 34.0 Å². The molecule has 7 heteroatoms. The third-order valence-corrected chi connectivity index (χ3v) is 3.58. The Balaban J connectivity index is 0. The van der Waals surface area contributed by atoms with Crippen LogP contribution in [0.3, 0.4) is 0 Å². The molecule has 2 heterocycles. The van der Waals surface area contributed by atoms with Crippen LogP contribution in [0.25, 0.3) is 0 Å². The molecule has 1 aromatic heterocycles. The summed E-state index contributed by atoms with van der Waals surface area (Å²) in [5.41, 5.74) is 3.95. The van der Waals surface area contributed by atoms with Gasteiger partial charge in [0.15, 0.2) is 0 Å². The maximum Gasteiger partial charge on any atom is 2.00 e. The molecule has 131 valence electrons. The Morgan fingerprint density at radius 3 is 1.74 bits per heavy atom. The first-order valence-electron chi connectivity index (χ1n) is 7.35. The van der Waals surface area contributed by atoms with Gasteiger partial charge in [0.25, 0.3) is 0 Å². The molecule has 1 aliphatic rings. The van der Waals surface area contributed by atoms with Crippen molar-refractivity contribution in [1.29, 1.82) is 0 Å². The van der Waals surface area contributed by atoms with E-state index in [1.807, 2.05) is 32.0 Å². The quantitative estimate of drug-likeness (QED) is 0.377. The van der Waals surface area contributed by atoms with Crippen LogP contribution in [0.15, 0.2) is 28.2 Å². The Bertz CT molecular complexity index is 479. The predicted octanol–water partition coefficient (Wildman–Crippen LogP) is -3.57. The van der Waals surface area contributed by atoms with Crippen molar-refractivity contribution in [3.8, 4) is 0 Å². The van der Waals surface area contributed by atoms with Crippen molar-refractivity contribution in [2.24, 2.45) is 9.98 Å². The minimum atomic E-state index is 0. The van der Waals surface area contributed by atoms with Gasteiger partial charge in [0.05, 0.1) is 22.8 Å². The summed E-state index contributed by atoms with van der Waals surface area (Å²) in [6.07, 6.45) is 2.19. The number of halogens is 2. The normalized spacial score (nSPS) is 21.0. The standard InChI is InChI=1S/C16H24N4.2BrH.Co/c1-13-15-7-4-8-16(19-15)14(2)18-10-6-12-20(3)11-5-9-17-13;;;/h4,7-8H,5-6,9-12H2,1-3H3;2*1H;/q;;;+2/p-2/b17-13-,18-14+;;;.